The van der Waals surface area contributed by atoms with Crippen molar-refractivity contribution in [1.82, 2.24) is 5.32 Å². The first-order chi connectivity index (χ1) is 8.90. The van der Waals surface area contributed by atoms with Crippen molar-refractivity contribution in [1.29, 1.82) is 0 Å². The Morgan fingerprint density at radius 2 is 1.74 bits per heavy atom. The van der Waals surface area contributed by atoms with Crippen LogP contribution >= 0.6 is 0 Å². The molecule has 0 aliphatic rings. The highest BCUT2D eigenvalue weighted by Gasteiger charge is 2.16. The maximum absolute atomic E-state index is 12.8. The summed E-state index contributed by atoms with van der Waals surface area (Å²) in [5, 5.41) is 2.94. The zero-order valence-electron chi connectivity index (χ0n) is 12.2. The molecule has 0 aliphatic carbocycles. The monoisotopic (exact) mass is 265 g/mol. The van der Waals surface area contributed by atoms with Gasteiger partial charge in [0, 0.05) is 12.1 Å². The summed E-state index contributed by atoms with van der Waals surface area (Å²) in [6.07, 6.45) is 1.10. The van der Waals surface area contributed by atoms with Crippen molar-refractivity contribution in [2.24, 2.45) is 17.8 Å². The van der Waals surface area contributed by atoms with E-state index in [1.165, 1.54) is 24.3 Å². The molecule has 0 radical (unpaired) electrons. The number of hydrogen-bond acceptors (Lipinski definition) is 1. The summed E-state index contributed by atoms with van der Waals surface area (Å²) < 4.78 is 12.8. The number of halogens is 1. The molecule has 19 heavy (non-hydrogen) atoms. The second-order valence-corrected chi connectivity index (χ2v) is 5.85. The van der Waals surface area contributed by atoms with Gasteiger partial charge in [-0.3, -0.25) is 4.79 Å². The van der Waals surface area contributed by atoms with Gasteiger partial charge in [-0.25, -0.2) is 4.39 Å². The van der Waals surface area contributed by atoms with Crippen LogP contribution in [0.1, 0.15) is 44.5 Å². The Hall–Kier alpha value is -1.38. The van der Waals surface area contributed by atoms with Gasteiger partial charge in [0.1, 0.15) is 5.82 Å². The predicted molar refractivity (Wildman–Crippen MR) is 76.5 cm³/mol. The Kier molecular flexibility index (Phi) is 6.00. The molecule has 1 aromatic carbocycles. The molecule has 0 aliphatic heterocycles. The van der Waals surface area contributed by atoms with Crippen molar-refractivity contribution in [2.75, 3.05) is 6.54 Å². The first-order valence-electron chi connectivity index (χ1n) is 6.94. The number of carbonyl (C=O) groups is 1. The van der Waals surface area contributed by atoms with Crippen molar-refractivity contribution in [3.63, 3.8) is 0 Å². The molecule has 0 heterocycles. The van der Waals surface area contributed by atoms with E-state index in [1.807, 2.05) is 0 Å². The Morgan fingerprint density at radius 1 is 1.16 bits per heavy atom. The summed E-state index contributed by atoms with van der Waals surface area (Å²) in [4.78, 5) is 11.9. The van der Waals surface area contributed by atoms with E-state index in [0.29, 0.717) is 29.9 Å². The zero-order chi connectivity index (χ0) is 14.4. The molecule has 0 fully saturated rings. The summed E-state index contributed by atoms with van der Waals surface area (Å²) in [6.45, 7) is 9.41. The zero-order valence-corrected chi connectivity index (χ0v) is 12.2. The van der Waals surface area contributed by atoms with Crippen molar-refractivity contribution < 1.29 is 9.18 Å². The Balaban J connectivity index is 2.54. The van der Waals surface area contributed by atoms with E-state index in [1.54, 1.807) is 0 Å². The highest BCUT2D eigenvalue weighted by molar-refractivity contribution is 5.94. The van der Waals surface area contributed by atoms with Crippen molar-refractivity contribution >= 4 is 5.91 Å². The lowest BCUT2D eigenvalue weighted by atomic mass is 9.87. The molecule has 0 saturated heterocycles. The third-order valence-electron chi connectivity index (χ3n) is 3.35. The van der Waals surface area contributed by atoms with Gasteiger partial charge in [-0.15, -0.1) is 0 Å². The van der Waals surface area contributed by atoms with Crippen LogP contribution in [0.3, 0.4) is 0 Å². The van der Waals surface area contributed by atoms with Gasteiger partial charge in [-0.05, 0) is 48.4 Å². The molecule has 1 unspecified atom stereocenters. The maximum atomic E-state index is 12.8. The van der Waals surface area contributed by atoms with Gasteiger partial charge in [-0.1, -0.05) is 27.7 Å². The van der Waals surface area contributed by atoms with Gasteiger partial charge >= 0.3 is 0 Å². The summed E-state index contributed by atoms with van der Waals surface area (Å²) >= 11 is 0. The first kappa shape index (κ1) is 15.7. The topological polar surface area (TPSA) is 29.1 Å². The Morgan fingerprint density at radius 3 is 2.21 bits per heavy atom. The largest absolute Gasteiger partial charge is 0.352 e. The molecule has 1 amide bonds. The van der Waals surface area contributed by atoms with Crippen LogP contribution < -0.4 is 5.32 Å². The molecule has 0 spiro atoms. The second kappa shape index (κ2) is 7.27. The van der Waals surface area contributed by atoms with E-state index in [-0.39, 0.29) is 11.7 Å². The molecular formula is C16H24FNO. The Labute approximate surface area is 115 Å². The highest BCUT2D eigenvalue weighted by Crippen LogP contribution is 2.19. The molecule has 106 valence electrons. The predicted octanol–water partition coefficient (Wildman–Crippen LogP) is 3.87. The maximum Gasteiger partial charge on any atom is 0.251 e. The molecule has 0 aromatic heterocycles. The van der Waals surface area contributed by atoms with E-state index >= 15 is 0 Å². The van der Waals surface area contributed by atoms with Crippen LogP contribution in [-0.4, -0.2) is 12.5 Å². The minimum atomic E-state index is -0.323. The van der Waals surface area contributed by atoms with Crippen molar-refractivity contribution in [2.45, 2.75) is 34.1 Å². The fraction of sp³-hybridized carbons (Fsp3) is 0.562. The van der Waals surface area contributed by atoms with Crippen molar-refractivity contribution in [3.8, 4) is 0 Å². The van der Waals surface area contributed by atoms with E-state index in [0.717, 1.165) is 6.42 Å². The quantitative estimate of drug-likeness (QED) is 0.831. The third kappa shape index (κ3) is 5.41. The second-order valence-electron chi connectivity index (χ2n) is 5.85. The van der Waals surface area contributed by atoms with Crippen LogP contribution in [0.15, 0.2) is 24.3 Å². The van der Waals surface area contributed by atoms with E-state index < -0.39 is 0 Å². The fourth-order valence-electron chi connectivity index (χ4n) is 2.12. The summed E-state index contributed by atoms with van der Waals surface area (Å²) in [5.41, 5.74) is 0.508. The van der Waals surface area contributed by atoms with Gasteiger partial charge in [0.2, 0.25) is 0 Å². The highest BCUT2D eigenvalue weighted by atomic mass is 19.1. The standard InChI is InChI=1S/C16H24FNO/c1-11(2)9-14(12(3)4)10-18-16(19)13-5-7-15(17)8-6-13/h5-8,11-12,14H,9-10H2,1-4H3,(H,18,19). The van der Waals surface area contributed by atoms with Gasteiger partial charge in [-0.2, -0.15) is 0 Å². The average molecular weight is 265 g/mol. The Bertz CT molecular complexity index is 398. The molecule has 1 N–H and O–H groups in total. The molecule has 0 saturated carbocycles. The van der Waals surface area contributed by atoms with Crippen LogP contribution in [0, 0.1) is 23.6 Å². The van der Waals surface area contributed by atoms with Gasteiger partial charge in [0.25, 0.3) is 5.91 Å². The van der Waals surface area contributed by atoms with E-state index in [9.17, 15) is 9.18 Å². The summed E-state index contributed by atoms with van der Waals surface area (Å²) in [6, 6.07) is 5.64. The number of hydrogen-bond donors (Lipinski definition) is 1. The van der Waals surface area contributed by atoms with Gasteiger partial charge in [0.15, 0.2) is 0 Å². The minimum Gasteiger partial charge on any atom is -0.352 e. The van der Waals surface area contributed by atoms with Crippen LogP contribution in [0.5, 0.6) is 0 Å². The van der Waals surface area contributed by atoms with Gasteiger partial charge < -0.3 is 5.32 Å². The molecule has 3 heteroatoms. The smallest absolute Gasteiger partial charge is 0.251 e. The number of nitrogens with one attached hydrogen (secondary N) is 1. The number of amides is 1. The molecule has 1 aromatic rings. The molecule has 2 nitrogen and oxygen atoms in total. The molecule has 1 rings (SSSR count). The normalized spacial score (nSPS) is 12.8. The third-order valence-corrected chi connectivity index (χ3v) is 3.35. The average Bonchev–Trinajstić information content (AvgIpc) is 2.34. The SMILES string of the molecule is CC(C)CC(CNC(=O)c1ccc(F)cc1)C(C)C. The molecule has 0 bridgehead atoms. The molecule has 1 atom stereocenters. The van der Waals surface area contributed by atoms with Crippen molar-refractivity contribution in [3.05, 3.63) is 35.6 Å². The van der Waals surface area contributed by atoms with E-state index in [4.69, 9.17) is 0 Å². The van der Waals surface area contributed by atoms with E-state index in [2.05, 4.69) is 33.0 Å². The van der Waals surface area contributed by atoms with Gasteiger partial charge in [0.05, 0.1) is 0 Å². The molecular weight excluding hydrogens is 241 g/mol. The van der Waals surface area contributed by atoms with Crippen LogP contribution in [0.2, 0.25) is 0 Å². The lowest BCUT2D eigenvalue weighted by Gasteiger charge is -2.23. The van der Waals surface area contributed by atoms with Crippen LogP contribution in [0.4, 0.5) is 4.39 Å². The first-order valence-corrected chi connectivity index (χ1v) is 6.94. The number of benzene rings is 1. The number of carbonyl (C=O) groups excluding carboxylic acids is 1. The van der Waals surface area contributed by atoms with Crippen LogP contribution in [-0.2, 0) is 0 Å². The summed E-state index contributed by atoms with van der Waals surface area (Å²) in [7, 11) is 0. The lowest BCUT2D eigenvalue weighted by Crippen LogP contribution is -2.32. The minimum absolute atomic E-state index is 0.130. The fourth-order valence-corrected chi connectivity index (χ4v) is 2.12. The lowest BCUT2D eigenvalue weighted by molar-refractivity contribution is 0.0940. The summed E-state index contributed by atoms with van der Waals surface area (Å²) in [5.74, 6) is 1.18. The van der Waals surface area contributed by atoms with Crippen LogP contribution in [0.25, 0.3) is 0 Å². The number of rotatable bonds is 6.